The topological polar surface area (TPSA) is 50.1 Å². The van der Waals surface area contributed by atoms with Crippen molar-refractivity contribution < 1.29 is 14.7 Å². The van der Waals surface area contributed by atoms with Gasteiger partial charge in [-0.15, -0.1) is 0 Å². The van der Waals surface area contributed by atoms with Gasteiger partial charge in [-0.05, 0) is 23.7 Å². The summed E-state index contributed by atoms with van der Waals surface area (Å²) in [7, 11) is 0. The quantitative estimate of drug-likeness (QED) is 0.696. The molecule has 4 nitrogen and oxygen atoms in total. The highest BCUT2D eigenvalue weighted by molar-refractivity contribution is 9.10. The van der Waals surface area contributed by atoms with Crippen molar-refractivity contribution in [2.45, 2.75) is 6.92 Å². The molecule has 1 aromatic heterocycles. The van der Waals surface area contributed by atoms with E-state index in [0.29, 0.717) is 15.9 Å². The Morgan fingerprint density at radius 3 is 3.08 bits per heavy atom. The van der Waals surface area contributed by atoms with E-state index in [1.54, 1.807) is 6.07 Å². The number of nitrogens with zero attached hydrogens (tertiary/aromatic N) is 2. The van der Waals surface area contributed by atoms with Crippen molar-refractivity contribution in [3.63, 3.8) is 0 Å². The van der Waals surface area contributed by atoms with Gasteiger partial charge in [-0.1, -0.05) is 15.9 Å². The van der Waals surface area contributed by atoms with Gasteiger partial charge in [-0.25, -0.2) is 0 Å². The molecular formula is C7H6BrN2O2+. The number of fused-ring (bicyclic) bond motifs is 1. The zero-order valence-electron chi connectivity index (χ0n) is 6.28. The van der Waals surface area contributed by atoms with Gasteiger partial charge in [0.05, 0.1) is 0 Å². The molecule has 0 radical (unpaired) electrons. The first kappa shape index (κ1) is 7.54. The molecule has 0 aliphatic rings. The fraction of sp³-hybridized carbons (Fsp3) is 0.143. The number of hydrogen-bond acceptors (Lipinski definition) is 3. The largest absolute Gasteiger partial charge is 0.316 e. The summed E-state index contributed by atoms with van der Waals surface area (Å²) < 4.78 is 5.47. The Labute approximate surface area is 76.4 Å². The van der Waals surface area contributed by atoms with Gasteiger partial charge in [0.1, 0.15) is 4.90 Å². The van der Waals surface area contributed by atoms with Gasteiger partial charge in [0.25, 0.3) is 11.0 Å². The number of benzene rings is 1. The van der Waals surface area contributed by atoms with Crippen LogP contribution in [0.1, 0.15) is 5.56 Å². The Morgan fingerprint density at radius 1 is 1.58 bits per heavy atom. The minimum absolute atomic E-state index is 0.587. The average Bonchev–Trinajstić information content (AvgIpc) is 2.41. The average molecular weight is 230 g/mol. The summed E-state index contributed by atoms with van der Waals surface area (Å²) in [6.45, 7) is 1.87. The molecule has 0 fully saturated rings. The molecule has 0 saturated heterocycles. The fourth-order valence-electron chi connectivity index (χ4n) is 1.10. The van der Waals surface area contributed by atoms with Crippen LogP contribution in [0.25, 0.3) is 11.0 Å². The SMILES string of the molecule is Cc1c(Br)ccc2no[n+](O)c12. The second-order valence-corrected chi connectivity index (χ2v) is 3.34. The summed E-state index contributed by atoms with van der Waals surface area (Å²) in [5.41, 5.74) is 2.12. The van der Waals surface area contributed by atoms with E-state index in [0.717, 1.165) is 10.0 Å². The Balaban J connectivity index is 2.96. The van der Waals surface area contributed by atoms with Gasteiger partial charge in [-0.2, -0.15) is 0 Å². The zero-order valence-corrected chi connectivity index (χ0v) is 7.87. The minimum atomic E-state index is 0.587. The Hall–Kier alpha value is -1.10. The third kappa shape index (κ3) is 0.896. The van der Waals surface area contributed by atoms with Crippen molar-refractivity contribution in [1.29, 1.82) is 0 Å². The predicted octanol–water partition coefficient (Wildman–Crippen LogP) is 1.42. The van der Waals surface area contributed by atoms with Crippen LogP contribution in [-0.2, 0) is 0 Å². The summed E-state index contributed by atoms with van der Waals surface area (Å²) in [5, 5.41) is 12.8. The number of rotatable bonds is 0. The molecular weight excluding hydrogens is 224 g/mol. The lowest BCUT2D eigenvalue weighted by Gasteiger charge is -1.91. The molecule has 0 saturated carbocycles. The first-order chi connectivity index (χ1) is 5.70. The van der Waals surface area contributed by atoms with Crippen molar-refractivity contribution in [3.05, 3.63) is 22.2 Å². The van der Waals surface area contributed by atoms with E-state index in [1.807, 2.05) is 13.0 Å². The second kappa shape index (κ2) is 2.45. The first-order valence-electron chi connectivity index (χ1n) is 3.36. The van der Waals surface area contributed by atoms with E-state index in [4.69, 9.17) is 0 Å². The molecule has 0 unspecified atom stereocenters. The molecule has 2 rings (SSSR count). The Bertz CT molecular complexity index is 438. The zero-order chi connectivity index (χ0) is 8.72. The van der Waals surface area contributed by atoms with Crippen LogP contribution < -0.4 is 4.90 Å². The molecule has 1 N–H and O–H groups in total. The molecule has 12 heavy (non-hydrogen) atoms. The molecule has 0 atom stereocenters. The second-order valence-electron chi connectivity index (χ2n) is 2.49. The van der Waals surface area contributed by atoms with E-state index in [9.17, 15) is 5.21 Å². The number of aryl methyl sites for hydroxylation is 1. The summed E-state index contributed by atoms with van der Waals surface area (Å²) >= 11 is 3.34. The van der Waals surface area contributed by atoms with Crippen LogP contribution in [0.5, 0.6) is 0 Å². The van der Waals surface area contributed by atoms with Crippen LogP contribution in [0, 0.1) is 6.92 Å². The smallest absolute Gasteiger partial charge is 0.278 e. The monoisotopic (exact) mass is 229 g/mol. The lowest BCUT2D eigenvalue weighted by atomic mass is 10.2. The van der Waals surface area contributed by atoms with Gasteiger partial charge in [-0.3, -0.25) is 0 Å². The number of aromatic nitrogens is 2. The molecule has 1 aromatic carbocycles. The minimum Gasteiger partial charge on any atom is -0.316 e. The predicted molar refractivity (Wildman–Crippen MR) is 43.8 cm³/mol. The maximum absolute atomic E-state index is 9.18. The van der Waals surface area contributed by atoms with Gasteiger partial charge < -0.3 is 5.21 Å². The third-order valence-corrected chi connectivity index (χ3v) is 2.61. The summed E-state index contributed by atoms with van der Waals surface area (Å²) in [6, 6.07) is 3.63. The highest BCUT2D eigenvalue weighted by atomic mass is 79.9. The molecule has 0 aliphatic heterocycles. The van der Waals surface area contributed by atoms with Crippen LogP contribution in [-0.4, -0.2) is 10.4 Å². The van der Waals surface area contributed by atoms with Crippen LogP contribution in [0.4, 0.5) is 0 Å². The fourth-order valence-corrected chi connectivity index (χ4v) is 1.42. The number of hydrogen-bond donors (Lipinski definition) is 1. The van der Waals surface area contributed by atoms with Crippen molar-refractivity contribution in [2.75, 3.05) is 0 Å². The van der Waals surface area contributed by atoms with Gasteiger partial charge >= 0.3 is 0 Å². The summed E-state index contributed by atoms with van der Waals surface area (Å²) in [4.78, 5) is 0.662. The maximum atomic E-state index is 9.18. The van der Waals surface area contributed by atoms with E-state index >= 15 is 0 Å². The van der Waals surface area contributed by atoms with E-state index in [2.05, 4.69) is 25.7 Å². The van der Waals surface area contributed by atoms with E-state index in [-0.39, 0.29) is 0 Å². The van der Waals surface area contributed by atoms with Gasteiger partial charge in [0, 0.05) is 10.0 Å². The molecule has 2 aromatic rings. The molecule has 0 bridgehead atoms. The van der Waals surface area contributed by atoms with Crippen molar-refractivity contribution in [1.82, 2.24) is 5.16 Å². The highest BCUT2D eigenvalue weighted by Gasteiger charge is 2.18. The number of halogens is 1. The molecule has 0 amide bonds. The van der Waals surface area contributed by atoms with Gasteiger partial charge in [0.15, 0.2) is 5.16 Å². The first-order valence-corrected chi connectivity index (χ1v) is 4.16. The van der Waals surface area contributed by atoms with E-state index in [1.165, 1.54) is 0 Å². The molecule has 1 heterocycles. The van der Waals surface area contributed by atoms with E-state index < -0.39 is 0 Å². The van der Waals surface area contributed by atoms with Crippen LogP contribution >= 0.6 is 15.9 Å². The molecule has 5 heteroatoms. The standard InChI is InChI=1S/C7H6BrN2O2/c1-4-5(8)2-3-6-7(4)10(11)12-9-6/h2-3,11H,1H3/q+1. The van der Waals surface area contributed by atoms with Gasteiger partial charge in [0.2, 0.25) is 0 Å². The molecule has 0 aliphatic carbocycles. The van der Waals surface area contributed by atoms with Crippen molar-refractivity contribution >= 4 is 27.0 Å². The maximum Gasteiger partial charge on any atom is 0.278 e. The summed E-state index contributed by atoms with van der Waals surface area (Å²) in [5.74, 6) is 0. The lowest BCUT2D eigenvalue weighted by Crippen LogP contribution is -2.27. The Kier molecular flexibility index (Phi) is 1.54. The normalized spacial score (nSPS) is 10.8. The van der Waals surface area contributed by atoms with Crippen LogP contribution in [0.3, 0.4) is 0 Å². The van der Waals surface area contributed by atoms with Crippen molar-refractivity contribution in [3.8, 4) is 0 Å². The molecule has 0 spiro atoms. The Morgan fingerprint density at radius 2 is 2.33 bits per heavy atom. The third-order valence-electron chi connectivity index (χ3n) is 1.75. The molecule has 62 valence electrons. The summed E-state index contributed by atoms with van der Waals surface area (Å²) in [6.07, 6.45) is 0. The highest BCUT2D eigenvalue weighted by Crippen LogP contribution is 2.21. The van der Waals surface area contributed by atoms with Crippen molar-refractivity contribution in [2.24, 2.45) is 0 Å². The van der Waals surface area contributed by atoms with Crippen LogP contribution in [0.15, 0.2) is 21.2 Å². The van der Waals surface area contributed by atoms with Crippen LogP contribution in [0.2, 0.25) is 0 Å². The lowest BCUT2D eigenvalue weighted by molar-refractivity contribution is -1.02.